The molecule has 6 heteroatoms. The molecule has 0 bridgehead atoms. The van der Waals surface area contributed by atoms with Gasteiger partial charge in [0, 0.05) is 30.8 Å². The Morgan fingerprint density at radius 2 is 1.76 bits per heavy atom. The predicted molar refractivity (Wildman–Crippen MR) is 86.3 cm³/mol. The first-order valence-corrected chi connectivity index (χ1v) is 7.82. The third kappa shape index (κ3) is 6.03. The van der Waals surface area contributed by atoms with E-state index in [2.05, 4.69) is 15.9 Å². The van der Waals surface area contributed by atoms with Gasteiger partial charge in [0.25, 0.3) is 0 Å². The summed E-state index contributed by atoms with van der Waals surface area (Å²) in [4.78, 5) is 13.4. The molecular formula is C15H22BrNO4. The molecule has 0 aromatic heterocycles. The molecule has 0 atom stereocenters. The summed E-state index contributed by atoms with van der Waals surface area (Å²) in [6.45, 7) is 7.53. The molecule has 0 unspecified atom stereocenters. The summed E-state index contributed by atoms with van der Waals surface area (Å²) in [6, 6.07) is 5.27. The maximum atomic E-state index is 11.4. The Morgan fingerprint density at radius 1 is 1.19 bits per heavy atom. The van der Waals surface area contributed by atoms with Gasteiger partial charge in [0.05, 0.1) is 24.5 Å². The van der Waals surface area contributed by atoms with Crippen molar-refractivity contribution >= 4 is 27.6 Å². The second-order valence-corrected chi connectivity index (χ2v) is 5.26. The number of nitrogens with zero attached hydrogens (tertiary/aromatic N) is 1. The van der Waals surface area contributed by atoms with Crippen LogP contribution in [0.1, 0.15) is 24.2 Å². The minimum Gasteiger partial charge on any atom is -0.478 e. The average molecular weight is 360 g/mol. The number of aromatic carboxylic acids is 1. The maximum Gasteiger partial charge on any atom is 0.337 e. The van der Waals surface area contributed by atoms with Crippen LogP contribution < -0.4 is 4.90 Å². The first-order valence-electron chi connectivity index (χ1n) is 7.03. The first kappa shape index (κ1) is 17.9. The summed E-state index contributed by atoms with van der Waals surface area (Å²) in [5.41, 5.74) is 0.961. The zero-order valence-corrected chi connectivity index (χ0v) is 14.1. The lowest BCUT2D eigenvalue weighted by atomic mass is 10.1. The normalized spacial score (nSPS) is 10.6. The fraction of sp³-hybridized carbons (Fsp3) is 0.533. The largest absolute Gasteiger partial charge is 0.478 e. The van der Waals surface area contributed by atoms with E-state index in [0.717, 1.165) is 4.47 Å². The van der Waals surface area contributed by atoms with Gasteiger partial charge in [-0.3, -0.25) is 0 Å². The molecule has 1 aromatic carbocycles. The van der Waals surface area contributed by atoms with Crippen LogP contribution in [-0.4, -0.2) is 50.6 Å². The van der Waals surface area contributed by atoms with Crippen LogP contribution in [-0.2, 0) is 9.47 Å². The quantitative estimate of drug-likeness (QED) is 0.650. The van der Waals surface area contributed by atoms with Gasteiger partial charge in [0.15, 0.2) is 0 Å². The predicted octanol–water partition coefficient (Wildman–Crippen LogP) is 3.03. The topological polar surface area (TPSA) is 59.0 Å². The number of hydrogen-bond acceptors (Lipinski definition) is 4. The second-order valence-electron chi connectivity index (χ2n) is 4.35. The Morgan fingerprint density at radius 3 is 2.24 bits per heavy atom. The van der Waals surface area contributed by atoms with Crippen LogP contribution in [0.15, 0.2) is 22.7 Å². The monoisotopic (exact) mass is 359 g/mol. The van der Waals surface area contributed by atoms with Gasteiger partial charge in [-0.05, 0) is 32.0 Å². The molecular weight excluding hydrogens is 338 g/mol. The van der Waals surface area contributed by atoms with Gasteiger partial charge in [0.2, 0.25) is 0 Å². The number of anilines is 1. The minimum atomic E-state index is -0.941. The average Bonchev–Trinajstić information content (AvgIpc) is 2.46. The fourth-order valence-corrected chi connectivity index (χ4v) is 2.31. The summed E-state index contributed by atoms with van der Waals surface area (Å²) < 4.78 is 11.5. The van der Waals surface area contributed by atoms with E-state index in [1.54, 1.807) is 6.07 Å². The Hall–Kier alpha value is -1.11. The van der Waals surface area contributed by atoms with Crippen LogP contribution in [0.2, 0.25) is 0 Å². The fourth-order valence-electron chi connectivity index (χ4n) is 1.95. The molecule has 118 valence electrons. The molecule has 0 saturated heterocycles. The number of hydrogen-bond donors (Lipinski definition) is 1. The smallest absolute Gasteiger partial charge is 0.337 e. The maximum absolute atomic E-state index is 11.4. The van der Waals surface area contributed by atoms with Gasteiger partial charge in [-0.15, -0.1) is 0 Å². The molecule has 0 amide bonds. The molecule has 21 heavy (non-hydrogen) atoms. The van der Waals surface area contributed by atoms with Crippen LogP contribution in [0, 0.1) is 0 Å². The summed E-state index contributed by atoms with van der Waals surface area (Å²) in [5.74, 6) is -0.941. The van der Waals surface area contributed by atoms with Gasteiger partial charge < -0.3 is 19.5 Å². The third-order valence-electron chi connectivity index (χ3n) is 2.95. The van der Waals surface area contributed by atoms with Crippen molar-refractivity contribution in [2.45, 2.75) is 13.8 Å². The van der Waals surface area contributed by atoms with Crippen molar-refractivity contribution in [1.82, 2.24) is 0 Å². The Bertz CT molecular complexity index is 443. The van der Waals surface area contributed by atoms with E-state index in [0.29, 0.717) is 45.2 Å². The van der Waals surface area contributed by atoms with Crippen LogP contribution >= 0.6 is 15.9 Å². The van der Waals surface area contributed by atoms with Crippen LogP contribution in [0.3, 0.4) is 0 Å². The van der Waals surface area contributed by atoms with E-state index < -0.39 is 5.97 Å². The number of benzene rings is 1. The highest BCUT2D eigenvalue weighted by molar-refractivity contribution is 9.10. The molecule has 0 saturated carbocycles. The van der Waals surface area contributed by atoms with Crippen LogP contribution in [0.25, 0.3) is 0 Å². The van der Waals surface area contributed by atoms with Crippen molar-refractivity contribution < 1.29 is 19.4 Å². The van der Waals surface area contributed by atoms with E-state index in [-0.39, 0.29) is 5.56 Å². The molecule has 1 N–H and O–H groups in total. The van der Waals surface area contributed by atoms with Gasteiger partial charge in [-0.2, -0.15) is 0 Å². The molecule has 0 aliphatic heterocycles. The summed E-state index contributed by atoms with van der Waals surface area (Å²) in [5, 5.41) is 9.37. The Balaban J connectivity index is 2.91. The minimum absolute atomic E-state index is 0.275. The number of carboxylic acids is 1. The molecule has 0 heterocycles. The molecule has 1 aromatic rings. The zero-order chi connectivity index (χ0) is 15.7. The van der Waals surface area contributed by atoms with Crippen molar-refractivity contribution in [3.05, 3.63) is 28.2 Å². The van der Waals surface area contributed by atoms with Gasteiger partial charge in [-0.25, -0.2) is 4.79 Å². The molecule has 0 aliphatic rings. The van der Waals surface area contributed by atoms with Gasteiger partial charge >= 0.3 is 5.97 Å². The van der Waals surface area contributed by atoms with Gasteiger partial charge in [0.1, 0.15) is 0 Å². The van der Waals surface area contributed by atoms with E-state index in [9.17, 15) is 9.90 Å². The first-order chi connectivity index (χ1) is 10.1. The summed E-state index contributed by atoms with van der Waals surface area (Å²) >= 11 is 3.31. The highest BCUT2D eigenvalue weighted by atomic mass is 79.9. The molecule has 0 aliphatic carbocycles. The van der Waals surface area contributed by atoms with E-state index >= 15 is 0 Å². The molecule has 0 radical (unpaired) electrons. The summed E-state index contributed by atoms with van der Waals surface area (Å²) in [6.07, 6.45) is 0. The van der Waals surface area contributed by atoms with E-state index in [1.165, 1.54) is 0 Å². The zero-order valence-electron chi connectivity index (χ0n) is 12.5. The van der Waals surface area contributed by atoms with Crippen molar-refractivity contribution in [2.75, 3.05) is 44.4 Å². The van der Waals surface area contributed by atoms with Crippen molar-refractivity contribution in [3.8, 4) is 0 Å². The number of halogens is 1. The lowest BCUT2D eigenvalue weighted by Gasteiger charge is -2.26. The lowest BCUT2D eigenvalue weighted by Crippen LogP contribution is -2.32. The molecule has 0 spiro atoms. The highest BCUT2D eigenvalue weighted by Gasteiger charge is 2.16. The molecule has 0 fully saturated rings. The number of carboxylic acid groups (broad SMARTS) is 1. The lowest BCUT2D eigenvalue weighted by molar-refractivity contribution is 0.0697. The standard InChI is InChI=1S/C15H22BrNO4/c1-3-20-9-7-17(8-10-21-4-2)14-6-5-12(16)11-13(14)15(18)19/h5-6,11H,3-4,7-10H2,1-2H3,(H,18,19). The second kappa shape index (κ2) is 9.76. The molecule has 1 rings (SSSR count). The number of carbonyl (C=O) groups is 1. The van der Waals surface area contributed by atoms with E-state index in [1.807, 2.05) is 30.9 Å². The Labute approximate surface area is 134 Å². The Kier molecular flexibility index (Phi) is 8.34. The molecule has 5 nitrogen and oxygen atoms in total. The summed E-state index contributed by atoms with van der Waals surface area (Å²) in [7, 11) is 0. The van der Waals surface area contributed by atoms with E-state index in [4.69, 9.17) is 9.47 Å². The number of ether oxygens (including phenoxy) is 2. The van der Waals surface area contributed by atoms with Crippen LogP contribution in [0.5, 0.6) is 0 Å². The SMILES string of the molecule is CCOCCN(CCOCC)c1ccc(Br)cc1C(=O)O. The van der Waals surface area contributed by atoms with Crippen molar-refractivity contribution in [3.63, 3.8) is 0 Å². The third-order valence-corrected chi connectivity index (χ3v) is 3.44. The van der Waals surface area contributed by atoms with Crippen molar-refractivity contribution in [1.29, 1.82) is 0 Å². The van der Waals surface area contributed by atoms with Crippen LogP contribution in [0.4, 0.5) is 5.69 Å². The highest BCUT2D eigenvalue weighted by Crippen LogP contribution is 2.24. The van der Waals surface area contributed by atoms with Gasteiger partial charge in [-0.1, -0.05) is 15.9 Å². The number of rotatable bonds is 10. The van der Waals surface area contributed by atoms with Crippen molar-refractivity contribution in [2.24, 2.45) is 0 Å².